The van der Waals surface area contributed by atoms with Gasteiger partial charge in [-0.25, -0.2) is 9.79 Å². The van der Waals surface area contributed by atoms with Gasteiger partial charge >= 0.3 is 5.97 Å². The summed E-state index contributed by atoms with van der Waals surface area (Å²) in [5.74, 6) is -0.0827. The molecule has 1 heterocycles. The molecule has 0 saturated carbocycles. The summed E-state index contributed by atoms with van der Waals surface area (Å²) < 4.78 is 12.3. The van der Waals surface area contributed by atoms with Crippen molar-refractivity contribution < 1.29 is 24.2 Å². The summed E-state index contributed by atoms with van der Waals surface area (Å²) >= 11 is 4.82. The molecule has 1 N–H and O–H groups in total. The first kappa shape index (κ1) is 25.5. The Morgan fingerprint density at radius 2 is 1.89 bits per heavy atom. The molecule has 1 aliphatic heterocycles. The molecule has 0 aliphatic carbocycles. The van der Waals surface area contributed by atoms with E-state index in [-0.39, 0.29) is 11.5 Å². The molecule has 0 bridgehead atoms. The fraction of sp³-hybridized carbons (Fsp3) is 0.148. The van der Waals surface area contributed by atoms with Crippen LogP contribution in [0.3, 0.4) is 0 Å². The van der Waals surface area contributed by atoms with Crippen LogP contribution < -0.4 is 9.47 Å². The van der Waals surface area contributed by atoms with Crippen LogP contribution in [0, 0.1) is 0 Å². The summed E-state index contributed by atoms with van der Waals surface area (Å²) in [6.45, 7) is 2.69. The molecule has 7 nitrogen and oxygen atoms in total. The maximum atomic E-state index is 13.1. The fourth-order valence-electron chi connectivity index (χ4n) is 3.50. The van der Waals surface area contributed by atoms with E-state index in [0.717, 1.165) is 15.6 Å². The van der Waals surface area contributed by atoms with Crippen LogP contribution in [0.25, 0.3) is 6.08 Å². The zero-order valence-corrected chi connectivity index (χ0v) is 22.0. The van der Waals surface area contributed by atoms with E-state index in [9.17, 15) is 14.7 Å². The van der Waals surface area contributed by atoms with Gasteiger partial charge in [-0.3, -0.25) is 9.69 Å². The van der Waals surface area contributed by atoms with Crippen molar-refractivity contribution in [2.24, 2.45) is 4.99 Å². The van der Waals surface area contributed by atoms with E-state index < -0.39 is 5.97 Å². The number of halogens is 1. The molecule has 1 amide bonds. The molecule has 0 atom stereocenters. The molecule has 36 heavy (non-hydrogen) atoms. The van der Waals surface area contributed by atoms with Crippen LogP contribution in [-0.4, -0.2) is 40.7 Å². The van der Waals surface area contributed by atoms with Gasteiger partial charge in [0.15, 0.2) is 16.7 Å². The number of aromatic carboxylic acids is 1. The molecular formula is C27H23BrN2O5S. The molecule has 1 aliphatic rings. The second kappa shape index (κ2) is 11.5. The second-order valence-electron chi connectivity index (χ2n) is 7.71. The number of likely N-dealkylation sites (N-methyl/N-ethyl adjacent to an activating group) is 1. The van der Waals surface area contributed by atoms with E-state index in [4.69, 9.17) is 9.47 Å². The summed E-state index contributed by atoms with van der Waals surface area (Å²) in [5, 5.41) is 9.73. The maximum absolute atomic E-state index is 13.1. The highest BCUT2D eigenvalue weighted by molar-refractivity contribution is 9.10. The Morgan fingerprint density at radius 1 is 1.11 bits per heavy atom. The van der Waals surface area contributed by atoms with Crippen LogP contribution in [0.15, 0.2) is 81.1 Å². The normalized spacial score (nSPS) is 15.5. The zero-order chi connectivity index (χ0) is 25.7. The predicted octanol–water partition coefficient (Wildman–Crippen LogP) is 6.36. The average Bonchev–Trinajstić information content (AvgIpc) is 3.18. The molecule has 1 fully saturated rings. The number of amides is 1. The maximum Gasteiger partial charge on any atom is 0.335 e. The number of carboxylic acids is 1. The Balaban J connectivity index is 1.61. The van der Waals surface area contributed by atoms with Gasteiger partial charge in [0.1, 0.15) is 6.61 Å². The topological polar surface area (TPSA) is 88.4 Å². The summed E-state index contributed by atoms with van der Waals surface area (Å²) in [5.41, 5.74) is 2.39. The SMILES string of the molecule is CCN1C(=O)/C(=C/c2cc(OC)c(OCc3ccccc3)cc2Br)SC1=Nc1cccc(C(=O)O)c1. The van der Waals surface area contributed by atoms with Crippen molar-refractivity contribution in [3.63, 3.8) is 0 Å². The highest BCUT2D eigenvalue weighted by atomic mass is 79.9. The Bertz CT molecular complexity index is 1360. The molecule has 4 rings (SSSR count). The fourth-order valence-corrected chi connectivity index (χ4v) is 4.99. The molecule has 3 aromatic rings. The highest BCUT2D eigenvalue weighted by Gasteiger charge is 2.32. The number of hydrogen-bond acceptors (Lipinski definition) is 6. The number of carbonyl (C=O) groups is 2. The first-order valence-electron chi connectivity index (χ1n) is 11.1. The number of rotatable bonds is 8. The minimum Gasteiger partial charge on any atom is -0.493 e. The van der Waals surface area contributed by atoms with Crippen molar-refractivity contribution in [1.82, 2.24) is 4.90 Å². The van der Waals surface area contributed by atoms with Crippen molar-refractivity contribution in [2.75, 3.05) is 13.7 Å². The molecule has 3 aromatic carbocycles. The molecular weight excluding hydrogens is 544 g/mol. The summed E-state index contributed by atoms with van der Waals surface area (Å²) in [7, 11) is 1.57. The van der Waals surface area contributed by atoms with Crippen molar-refractivity contribution in [3.05, 3.63) is 92.8 Å². The minimum absolute atomic E-state index is 0.135. The van der Waals surface area contributed by atoms with Crippen molar-refractivity contribution in [1.29, 1.82) is 0 Å². The van der Waals surface area contributed by atoms with E-state index in [1.54, 1.807) is 30.2 Å². The van der Waals surface area contributed by atoms with Gasteiger partial charge in [0.2, 0.25) is 0 Å². The Hall–Kier alpha value is -3.56. The van der Waals surface area contributed by atoms with E-state index in [1.165, 1.54) is 23.9 Å². The number of nitrogens with zero attached hydrogens (tertiary/aromatic N) is 2. The van der Waals surface area contributed by atoms with Gasteiger partial charge in [0.25, 0.3) is 5.91 Å². The predicted molar refractivity (Wildman–Crippen MR) is 145 cm³/mol. The molecule has 0 unspecified atom stereocenters. The first-order valence-corrected chi connectivity index (χ1v) is 12.7. The first-order chi connectivity index (χ1) is 17.4. The lowest BCUT2D eigenvalue weighted by Crippen LogP contribution is -2.28. The number of carboxylic acid groups (broad SMARTS) is 1. The monoisotopic (exact) mass is 566 g/mol. The second-order valence-corrected chi connectivity index (χ2v) is 9.57. The number of benzene rings is 3. The van der Waals surface area contributed by atoms with Gasteiger partial charge in [-0.05, 0) is 66.2 Å². The highest BCUT2D eigenvalue weighted by Crippen LogP contribution is 2.39. The number of ether oxygens (including phenoxy) is 2. The van der Waals surface area contributed by atoms with Gasteiger partial charge in [-0.1, -0.05) is 52.3 Å². The van der Waals surface area contributed by atoms with E-state index in [1.807, 2.05) is 49.4 Å². The van der Waals surface area contributed by atoms with Gasteiger partial charge in [-0.15, -0.1) is 0 Å². The standard InChI is InChI=1S/C27H23BrN2O5S/c1-3-30-25(31)24(36-27(30)29-20-11-7-10-18(12-20)26(32)33)14-19-13-22(34-2)23(15-21(19)28)35-16-17-8-5-4-6-9-17/h4-15H,3,16H2,1-2H3,(H,32,33)/b24-14-,29-27?. The van der Waals surface area contributed by atoms with Crippen LogP contribution in [-0.2, 0) is 11.4 Å². The van der Waals surface area contributed by atoms with Crippen LogP contribution in [0.1, 0.15) is 28.4 Å². The van der Waals surface area contributed by atoms with Crippen LogP contribution in [0.2, 0.25) is 0 Å². The Morgan fingerprint density at radius 3 is 2.58 bits per heavy atom. The summed E-state index contributed by atoms with van der Waals surface area (Å²) in [6, 6.07) is 19.8. The van der Waals surface area contributed by atoms with Crippen LogP contribution >= 0.6 is 27.7 Å². The third kappa shape index (κ3) is 5.80. The average molecular weight is 567 g/mol. The molecule has 0 spiro atoms. The summed E-state index contributed by atoms with van der Waals surface area (Å²) in [4.78, 5) is 31.0. The molecule has 9 heteroatoms. The van der Waals surface area contributed by atoms with E-state index >= 15 is 0 Å². The van der Waals surface area contributed by atoms with Crippen molar-refractivity contribution in [2.45, 2.75) is 13.5 Å². The largest absolute Gasteiger partial charge is 0.493 e. The number of amidine groups is 1. The number of methoxy groups -OCH3 is 1. The van der Waals surface area contributed by atoms with Gasteiger partial charge in [0, 0.05) is 11.0 Å². The van der Waals surface area contributed by atoms with E-state index in [2.05, 4.69) is 20.9 Å². The number of aliphatic imine (C=N–C) groups is 1. The third-order valence-electron chi connectivity index (χ3n) is 5.33. The number of carbonyl (C=O) groups excluding carboxylic acids is 1. The van der Waals surface area contributed by atoms with Gasteiger partial charge in [0.05, 0.1) is 23.3 Å². The van der Waals surface area contributed by atoms with Crippen molar-refractivity contribution >= 4 is 56.5 Å². The molecule has 0 radical (unpaired) electrons. The molecule has 1 saturated heterocycles. The smallest absolute Gasteiger partial charge is 0.335 e. The Kier molecular flexibility index (Phi) is 8.12. The number of thioether (sulfide) groups is 1. The van der Waals surface area contributed by atoms with Crippen LogP contribution in [0.4, 0.5) is 5.69 Å². The zero-order valence-electron chi connectivity index (χ0n) is 19.6. The van der Waals surface area contributed by atoms with Crippen molar-refractivity contribution in [3.8, 4) is 11.5 Å². The lowest BCUT2D eigenvalue weighted by molar-refractivity contribution is -0.122. The van der Waals surface area contributed by atoms with Gasteiger partial charge in [-0.2, -0.15) is 0 Å². The van der Waals surface area contributed by atoms with Gasteiger partial charge < -0.3 is 14.6 Å². The van der Waals surface area contributed by atoms with E-state index in [0.29, 0.717) is 40.4 Å². The van der Waals surface area contributed by atoms with Crippen LogP contribution in [0.5, 0.6) is 11.5 Å². The third-order valence-corrected chi connectivity index (χ3v) is 7.02. The quantitative estimate of drug-likeness (QED) is 0.319. The lowest BCUT2D eigenvalue weighted by atomic mass is 10.1. The molecule has 184 valence electrons. The minimum atomic E-state index is -1.03. The number of hydrogen-bond donors (Lipinski definition) is 1. The Labute approximate surface area is 221 Å². The molecule has 0 aromatic heterocycles. The lowest BCUT2D eigenvalue weighted by Gasteiger charge is -2.13. The summed E-state index contributed by atoms with van der Waals surface area (Å²) in [6.07, 6.45) is 1.78.